The molecule has 2 aromatic carbocycles. The Hall–Kier alpha value is -3.55. The van der Waals surface area contributed by atoms with Crippen LogP contribution in [0.1, 0.15) is 44.2 Å². The second kappa shape index (κ2) is 14.0. The van der Waals surface area contributed by atoms with Gasteiger partial charge in [0.15, 0.2) is 11.5 Å². The average Bonchev–Trinajstić information content (AvgIpc) is 3.55. The van der Waals surface area contributed by atoms with Crippen molar-refractivity contribution in [2.24, 2.45) is 11.8 Å². The van der Waals surface area contributed by atoms with Crippen LogP contribution in [0, 0.1) is 24.6 Å². The second-order valence-electron chi connectivity index (χ2n) is 11.3. The average molecular weight is 630 g/mol. The van der Waals surface area contributed by atoms with Gasteiger partial charge in [0, 0.05) is 23.4 Å². The number of methoxy groups -OCH3 is 1. The van der Waals surface area contributed by atoms with E-state index < -0.39 is 5.54 Å². The number of hydrogen-bond donors (Lipinski definition) is 0. The van der Waals surface area contributed by atoms with Gasteiger partial charge in [-0.05, 0) is 90.4 Å². The molecular weight excluding hydrogens is 590 g/mol. The van der Waals surface area contributed by atoms with Gasteiger partial charge in [-0.25, -0.2) is 4.39 Å². The summed E-state index contributed by atoms with van der Waals surface area (Å²) >= 11 is 3.27. The molecule has 2 aliphatic rings. The molecule has 7 heteroatoms. The Labute approximate surface area is 269 Å². The molecule has 0 bridgehead atoms. The van der Waals surface area contributed by atoms with Gasteiger partial charge < -0.3 is 14.4 Å². The van der Waals surface area contributed by atoms with Crippen molar-refractivity contribution < 1.29 is 18.7 Å². The molecule has 5 rings (SSSR count). The standard InChI is InChI=1S/C37H40FNO3S2/c1-6-19-39-36(40)35(44-34-15-11-8-12-25(34)3)26(4)23-37(39,28-18-20-43-24-28)31-14-10-9-13-30(21-27(31)7-2)42-32-17-16-29(38)22-33(32)41-5/h8-18,20-22,24,27,31,35H,4,6-7,19,23H2,1-3,5H3/b13-9-,14-10?,30-21+/t27?,31?,35?,37-/m0/s1. The predicted molar refractivity (Wildman–Crippen MR) is 180 cm³/mol. The van der Waals surface area contributed by atoms with Crippen molar-refractivity contribution in [3.05, 3.63) is 125 Å². The van der Waals surface area contributed by atoms with Crippen LogP contribution in [-0.2, 0) is 10.3 Å². The van der Waals surface area contributed by atoms with Crippen molar-refractivity contribution in [2.75, 3.05) is 13.7 Å². The first-order valence-corrected chi connectivity index (χ1v) is 17.0. The van der Waals surface area contributed by atoms with E-state index in [4.69, 9.17) is 9.47 Å². The monoisotopic (exact) mass is 629 g/mol. The summed E-state index contributed by atoms with van der Waals surface area (Å²) in [4.78, 5) is 17.9. The molecule has 3 aromatic rings. The molecule has 4 atom stereocenters. The van der Waals surface area contributed by atoms with Crippen molar-refractivity contribution in [3.8, 4) is 11.5 Å². The molecule has 1 aliphatic heterocycles. The smallest absolute Gasteiger partial charge is 0.240 e. The quantitative estimate of drug-likeness (QED) is 0.210. The van der Waals surface area contributed by atoms with Crippen LogP contribution in [0.4, 0.5) is 4.39 Å². The van der Waals surface area contributed by atoms with Crippen LogP contribution < -0.4 is 9.47 Å². The number of amides is 1. The van der Waals surface area contributed by atoms with Crippen LogP contribution >= 0.6 is 23.1 Å². The number of halogens is 1. The highest BCUT2D eigenvalue weighted by Gasteiger charge is 2.54. The molecule has 3 unspecified atom stereocenters. The number of aryl methyl sites for hydroxylation is 1. The molecule has 2 heterocycles. The summed E-state index contributed by atoms with van der Waals surface area (Å²) in [5.74, 6) is 1.11. The minimum atomic E-state index is -0.621. The third-order valence-corrected chi connectivity index (χ3v) is 10.7. The Balaban J connectivity index is 1.58. The van der Waals surface area contributed by atoms with E-state index in [1.165, 1.54) is 19.2 Å². The van der Waals surface area contributed by atoms with Gasteiger partial charge >= 0.3 is 0 Å². The highest BCUT2D eigenvalue weighted by atomic mass is 32.2. The number of ether oxygens (including phenoxy) is 2. The number of thiophene rings is 1. The van der Waals surface area contributed by atoms with E-state index in [2.05, 4.69) is 79.4 Å². The zero-order valence-electron chi connectivity index (χ0n) is 25.8. The first-order valence-electron chi connectivity index (χ1n) is 15.1. The SMILES string of the molecule is C=C1C[C@](c2ccsc2)(C2C=C/C=C\C(Oc3ccc(F)cc3OC)=C/C2CC)N(CCC)C(=O)C1Sc1ccccc1C. The molecule has 0 radical (unpaired) electrons. The number of rotatable bonds is 10. The Morgan fingerprint density at radius 3 is 2.66 bits per heavy atom. The van der Waals surface area contributed by atoms with Crippen molar-refractivity contribution in [1.82, 2.24) is 4.90 Å². The number of likely N-dealkylation sites (tertiary alicyclic amines) is 1. The number of thioether (sulfide) groups is 1. The van der Waals surface area contributed by atoms with Crippen LogP contribution in [0.15, 0.2) is 112 Å². The summed E-state index contributed by atoms with van der Waals surface area (Å²) in [5, 5.41) is 3.94. The normalized spacial score (nSPS) is 25.6. The lowest BCUT2D eigenvalue weighted by atomic mass is 9.65. The van der Waals surface area contributed by atoms with Crippen LogP contribution in [0.2, 0.25) is 0 Å². The lowest BCUT2D eigenvalue weighted by Crippen LogP contribution is -2.61. The maximum atomic E-state index is 14.7. The lowest BCUT2D eigenvalue weighted by Gasteiger charge is -2.54. The fourth-order valence-electron chi connectivity index (χ4n) is 6.44. The first kappa shape index (κ1) is 31.9. The number of hydrogen-bond acceptors (Lipinski definition) is 5. The van der Waals surface area contributed by atoms with E-state index in [0.29, 0.717) is 30.2 Å². The van der Waals surface area contributed by atoms with Gasteiger partial charge in [-0.3, -0.25) is 4.79 Å². The molecule has 0 spiro atoms. The number of benzene rings is 2. The fourth-order valence-corrected chi connectivity index (χ4v) is 8.32. The zero-order chi connectivity index (χ0) is 31.3. The van der Waals surface area contributed by atoms with Gasteiger partial charge in [-0.1, -0.05) is 62.4 Å². The third kappa shape index (κ3) is 6.31. The largest absolute Gasteiger partial charge is 0.493 e. The third-order valence-electron chi connectivity index (χ3n) is 8.55. The van der Waals surface area contributed by atoms with Gasteiger partial charge in [0.1, 0.15) is 16.8 Å². The van der Waals surface area contributed by atoms with Crippen molar-refractivity contribution in [1.29, 1.82) is 0 Å². The van der Waals surface area contributed by atoms with E-state index in [9.17, 15) is 9.18 Å². The maximum absolute atomic E-state index is 14.7. The summed E-state index contributed by atoms with van der Waals surface area (Å²) in [6.07, 6.45) is 12.7. The van der Waals surface area contributed by atoms with Gasteiger partial charge in [0.05, 0.1) is 12.6 Å². The molecular formula is C37H40FNO3S2. The molecule has 1 amide bonds. The van der Waals surface area contributed by atoms with E-state index in [0.717, 1.165) is 34.4 Å². The molecule has 44 heavy (non-hydrogen) atoms. The van der Waals surface area contributed by atoms with E-state index in [1.54, 1.807) is 29.2 Å². The number of allylic oxidation sites excluding steroid dienone is 4. The molecule has 4 nitrogen and oxygen atoms in total. The van der Waals surface area contributed by atoms with Crippen LogP contribution in [0.3, 0.4) is 0 Å². The van der Waals surface area contributed by atoms with E-state index >= 15 is 0 Å². The maximum Gasteiger partial charge on any atom is 0.240 e. The summed E-state index contributed by atoms with van der Waals surface area (Å²) < 4.78 is 25.6. The molecule has 0 N–H and O–H groups in total. The fraction of sp³-hybridized carbons (Fsp3) is 0.324. The Morgan fingerprint density at radius 1 is 1.14 bits per heavy atom. The lowest BCUT2D eigenvalue weighted by molar-refractivity contribution is -0.142. The summed E-state index contributed by atoms with van der Waals surface area (Å²) in [5.41, 5.74) is 2.62. The van der Waals surface area contributed by atoms with Crippen LogP contribution in [-0.4, -0.2) is 29.7 Å². The van der Waals surface area contributed by atoms with Crippen molar-refractivity contribution in [2.45, 2.75) is 55.7 Å². The predicted octanol–water partition coefficient (Wildman–Crippen LogP) is 9.49. The number of nitrogens with zero attached hydrogens (tertiary/aromatic N) is 1. The van der Waals surface area contributed by atoms with Crippen molar-refractivity contribution in [3.63, 3.8) is 0 Å². The molecule has 1 fully saturated rings. The molecule has 0 saturated carbocycles. The highest BCUT2D eigenvalue weighted by Crippen LogP contribution is 2.53. The summed E-state index contributed by atoms with van der Waals surface area (Å²) in [7, 11) is 1.50. The molecule has 1 aromatic heterocycles. The minimum absolute atomic E-state index is 0.0260. The molecule has 230 valence electrons. The number of piperidine rings is 1. The van der Waals surface area contributed by atoms with Crippen LogP contribution in [0.25, 0.3) is 0 Å². The topological polar surface area (TPSA) is 38.8 Å². The summed E-state index contributed by atoms with van der Waals surface area (Å²) in [6.45, 7) is 11.6. The van der Waals surface area contributed by atoms with Gasteiger partial charge in [0.25, 0.3) is 0 Å². The second-order valence-corrected chi connectivity index (χ2v) is 13.3. The number of carbonyl (C=O) groups excluding carboxylic acids is 1. The first-order chi connectivity index (χ1) is 21.3. The Bertz CT molecular complexity index is 1580. The van der Waals surface area contributed by atoms with Crippen LogP contribution in [0.5, 0.6) is 11.5 Å². The van der Waals surface area contributed by atoms with Crippen molar-refractivity contribution >= 4 is 29.0 Å². The minimum Gasteiger partial charge on any atom is -0.493 e. The highest BCUT2D eigenvalue weighted by molar-refractivity contribution is 8.00. The molecule has 1 saturated heterocycles. The Morgan fingerprint density at radius 2 is 1.95 bits per heavy atom. The zero-order valence-corrected chi connectivity index (χ0v) is 27.4. The van der Waals surface area contributed by atoms with Gasteiger partial charge in [0.2, 0.25) is 5.91 Å². The molecule has 1 aliphatic carbocycles. The Kier molecular flexibility index (Phi) is 10.2. The van der Waals surface area contributed by atoms with E-state index in [-0.39, 0.29) is 28.8 Å². The van der Waals surface area contributed by atoms with Gasteiger partial charge in [-0.2, -0.15) is 11.3 Å². The number of carbonyl (C=O) groups is 1. The van der Waals surface area contributed by atoms with Gasteiger partial charge in [-0.15, -0.1) is 11.8 Å². The van der Waals surface area contributed by atoms with E-state index in [1.807, 2.05) is 24.3 Å². The summed E-state index contributed by atoms with van der Waals surface area (Å²) in [6, 6.07) is 14.7.